The fourth-order valence-electron chi connectivity index (χ4n) is 1.28. The first-order chi connectivity index (χ1) is 6.79. The quantitative estimate of drug-likeness (QED) is 0.879. The molecule has 0 atom stereocenters. The second-order valence-electron chi connectivity index (χ2n) is 2.97. The third kappa shape index (κ3) is 2.75. The molecule has 0 saturated carbocycles. The van der Waals surface area contributed by atoms with E-state index in [4.69, 9.17) is 5.73 Å². The summed E-state index contributed by atoms with van der Waals surface area (Å²) in [4.78, 5) is 9.76. The van der Waals surface area contributed by atoms with E-state index in [9.17, 15) is 0 Å². The maximum atomic E-state index is 5.55. The Morgan fingerprint density at radius 1 is 1.40 bits per heavy atom. The monoisotopic (exact) mass is 241 g/mol. The normalized spacial score (nSPS) is 9.73. The number of aromatic nitrogens is 2. The molecule has 0 aromatic carbocycles. The largest absolute Gasteiger partial charge is 0.325 e. The van der Waals surface area contributed by atoms with Gasteiger partial charge in [0.25, 0.3) is 0 Å². The van der Waals surface area contributed by atoms with Crippen LogP contribution < -0.4 is 5.73 Å². The minimum atomic E-state index is 0. The zero-order valence-electron chi connectivity index (χ0n) is 8.30. The van der Waals surface area contributed by atoms with E-state index >= 15 is 0 Å². The van der Waals surface area contributed by atoms with Gasteiger partial charge in [0.1, 0.15) is 5.82 Å². The van der Waals surface area contributed by atoms with E-state index in [2.05, 4.69) is 9.97 Å². The Kier molecular flexibility index (Phi) is 4.20. The molecule has 0 aliphatic carbocycles. The lowest BCUT2D eigenvalue weighted by Crippen LogP contribution is -2.02. The van der Waals surface area contributed by atoms with Crippen LogP contribution in [-0.2, 0) is 6.54 Å². The summed E-state index contributed by atoms with van der Waals surface area (Å²) in [5, 5.41) is 2.04. The van der Waals surface area contributed by atoms with E-state index in [1.54, 1.807) is 11.3 Å². The van der Waals surface area contributed by atoms with Gasteiger partial charge in [-0.25, -0.2) is 9.97 Å². The van der Waals surface area contributed by atoms with Crippen molar-refractivity contribution in [1.29, 1.82) is 0 Å². The molecular weight excluding hydrogens is 230 g/mol. The van der Waals surface area contributed by atoms with Gasteiger partial charge < -0.3 is 5.73 Å². The number of aryl methyl sites for hydroxylation is 1. The van der Waals surface area contributed by atoms with Crippen molar-refractivity contribution < 1.29 is 0 Å². The van der Waals surface area contributed by atoms with Crippen molar-refractivity contribution in [3.8, 4) is 10.6 Å². The molecule has 0 unspecified atom stereocenters. The van der Waals surface area contributed by atoms with Crippen molar-refractivity contribution in [2.45, 2.75) is 13.5 Å². The smallest absolute Gasteiger partial charge is 0.126 e. The van der Waals surface area contributed by atoms with Crippen LogP contribution in [0.1, 0.15) is 11.5 Å². The van der Waals surface area contributed by atoms with Crippen molar-refractivity contribution in [2.75, 3.05) is 0 Å². The molecule has 0 bridgehead atoms. The minimum Gasteiger partial charge on any atom is -0.325 e. The predicted molar refractivity (Wildman–Crippen MR) is 65.2 cm³/mol. The molecule has 0 fully saturated rings. The van der Waals surface area contributed by atoms with Gasteiger partial charge in [-0.15, -0.1) is 23.7 Å². The SMILES string of the molecule is Cc1nc(CN)cc(-c2cccs2)n1.Cl. The highest BCUT2D eigenvalue weighted by molar-refractivity contribution is 7.13. The Morgan fingerprint density at radius 3 is 2.80 bits per heavy atom. The van der Waals surface area contributed by atoms with Gasteiger partial charge in [0.15, 0.2) is 0 Å². The Bertz CT molecular complexity index is 428. The number of nitrogens with zero attached hydrogens (tertiary/aromatic N) is 2. The van der Waals surface area contributed by atoms with E-state index in [-0.39, 0.29) is 12.4 Å². The summed E-state index contributed by atoms with van der Waals surface area (Å²) in [5.74, 6) is 0.774. The molecule has 2 N–H and O–H groups in total. The molecule has 3 nitrogen and oxygen atoms in total. The van der Waals surface area contributed by atoms with Crippen molar-refractivity contribution in [2.24, 2.45) is 5.73 Å². The molecule has 0 radical (unpaired) electrons. The Morgan fingerprint density at radius 2 is 2.20 bits per heavy atom. The molecule has 2 aromatic heterocycles. The summed E-state index contributed by atoms with van der Waals surface area (Å²) in [6.07, 6.45) is 0. The van der Waals surface area contributed by atoms with Crippen LogP contribution in [0, 0.1) is 6.92 Å². The lowest BCUT2D eigenvalue weighted by Gasteiger charge is -2.01. The molecule has 0 aliphatic heterocycles. The van der Waals surface area contributed by atoms with Crippen molar-refractivity contribution in [3.63, 3.8) is 0 Å². The van der Waals surface area contributed by atoms with Gasteiger partial charge in [0, 0.05) is 6.54 Å². The standard InChI is InChI=1S/C10H11N3S.ClH/c1-7-12-8(6-11)5-9(13-7)10-3-2-4-14-10;/h2-5H,6,11H2,1H3;1H. The summed E-state index contributed by atoms with van der Waals surface area (Å²) >= 11 is 1.67. The van der Waals surface area contributed by atoms with Crippen LogP contribution in [-0.4, -0.2) is 9.97 Å². The summed E-state index contributed by atoms with van der Waals surface area (Å²) in [6, 6.07) is 6.01. The third-order valence-corrected chi connectivity index (χ3v) is 2.77. The van der Waals surface area contributed by atoms with Gasteiger partial charge in [-0.1, -0.05) is 6.07 Å². The molecule has 0 amide bonds. The van der Waals surface area contributed by atoms with Gasteiger partial charge >= 0.3 is 0 Å². The summed E-state index contributed by atoms with van der Waals surface area (Å²) in [5.41, 5.74) is 7.41. The van der Waals surface area contributed by atoms with Crippen LogP contribution in [0.5, 0.6) is 0 Å². The Hall–Kier alpha value is -0.970. The number of thiophene rings is 1. The summed E-state index contributed by atoms with van der Waals surface area (Å²) in [7, 11) is 0. The van der Waals surface area contributed by atoms with Crippen LogP contribution >= 0.6 is 23.7 Å². The Labute approximate surface area is 98.8 Å². The van der Waals surface area contributed by atoms with Gasteiger partial charge in [-0.05, 0) is 24.4 Å². The molecule has 2 heterocycles. The van der Waals surface area contributed by atoms with Crippen LogP contribution in [0.2, 0.25) is 0 Å². The highest BCUT2D eigenvalue weighted by atomic mass is 35.5. The van der Waals surface area contributed by atoms with E-state index in [0.717, 1.165) is 22.1 Å². The zero-order chi connectivity index (χ0) is 9.97. The molecule has 0 saturated heterocycles. The fraction of sp³-hybridized carbons (Fsp3) is 0.200. The van der Waals surface area contributed by atoms with Crippen LogP contribution in [0.25, 0.3) is 10.6 Å². The van der Waals surface area contributed by atoms with E-state index in [0.29, 0.717) is 6.54 Å². The van der Waals surface area contributed by atoms with Gasteiger partial charge in [-0.2, -0.15) is 0 Å². The third-order valence-electron chi connectivity index (χ3n) is 1.87. The predicted octanol–water partition coefficient (Wildman–Crippen LogP) is 2.39. The lowest BCUT2D eigenvalue weighted by molar-refractivity contribution is 0.930. The van der Waals surface area contributed by atoms with Crippen molar-refractivity contribution in [1.82, 2.24) is 9.97 Å². The second-order valence-corrected chi connectivity index (χ2v) is 3.92. The van der Waals surface area contributed by atoms with E-state index < -0.39 is 0 Å². The molecular formula is C10H12ClN3S. The molecule has 80 valence electrons. The van der Waals surface area contributed by atoms with Crippen LogP contribution in [0.15, 0.2) is 23.6 Å². The molecule has 15 heavy (non-hydrogen) atoms. The first kappa shape index (κ1) is 12.1. The van der Waals surface area contributed by atoms with E-state index in [1.807, 2.05) is 30.5 Å². The topological polar surface area (TPSA) is 51.8 Å². The number of rotatable bonds is 2. The first-order valence-corrected chi connectivity index (χ1v) is 5.26. The van der Waals surface area contributed by atoms with Gasteiger partial charge in [0.2, 0.25) is 0 Å². The van der Waals surface area contributed by atoms with Crippen molar-refractivity contribution in [3.05, 3.63) is 35.1 Å². The average Bonchev–Trinajstić information content (AvgIpc) is 2.69. The fourth-order valence-corrected chi connectivity index (χ4v) is 1.97. The number of hydrogen-bond donors (Lipinski definition) is 1. The molecule has 2 rings (SSSR count). The van der Waals surface area contributed by atoms with Gasteiger partial charge in [-0.3, -0.25) is 0 Å². The van der Waals surface area contributed by atoms with Crippen molar-refractivity contribution >= 4 is 23.7 Å². The first-order valence-electron chi connectivity index (χ1n) is 4.38. The average molecular weight is 242 g/mol. The van der Waals surface area contributed by atoms with Crippen LogP contribution in [0.4, 0.5) is 0 Å². The van der Waals surface area contributed by atoms with E-state index in [1.165, 1.54) is 0 Å². The minimum absolute atomic E-state index is 0. The summed E-state index contributed by atoms with van der Waals surface area (Å²) in [6.45, 7) is 2.35. The molecule has 0 spiro atoms. The molecule has 5 heteroatoms. The number of nitrogens with two attached hydrogens (primary N) is 1. The highest BCUT2D eigenvalue weighted by Gasteiger charge is 2.03. The maximum Gasteiger partial charge on any atom is 0.126 e. The lowest BCUT2D eigenvalue weighted by atomic mass is 10.3. The second kappa shape index (κ2) is 5.21. The zero-order valence-corrected chi connectivity index (χ0v) is 9.94. The maximum absolute atomic E-state index is 5.55. The summed E-state index contributed by atoms with van der Waals surface area (Å²) < 4.78 is 0. The number of hydrogen-bond acceptors (Lipinski definition) is 4. The Balaban J connectivity index is 0.00000112. The van der Waals surface area contributed by atoms with Gasteiger partial charge in [0.05, 0.1) is 16.3 Å². The highest BCUT2D eigenvalue weighted by Crippen LogP contribution is 2.22. The number of halogens is 1. The molecule has 2 aromatic rings. The molecule has 0 aliphatic rings. The van der Waals surface area contributed by atoms with Crippen LogP contribution in [0.3, 0.4) is 0 Å².